The molecule has 2 aliphatic rings. The molecule has 1 atom stereocenters. The van der Waals surface area contributed by atoms with E-state index in [1.165, 1.54) is 13.2 Å². The van der Waals surface area contributed by atoms with Crippen LogP contribution in [0.3, 0.4) is 0 Å². The third-order valence-corrected chi connectivity index (χ3v) is 6.05. The van der Waals surface area contributed by atoms with Gasteiger partial charge in [-0.3, -0.25) is 19.2 Å². The van der Waals surface area contributed by atoms with E-state index >= 15 is 0 Å². The van der Waals surface area contributed by atoms with Crippen LogP contribution < -0.4 is 15.4 Å². The molecule has 0 heterocycles. The van der Waals surface area contributed by atoms with Crippen LogP contribution in [0.4, 0.5) is 0 Å². The highest BCUT2D eigenvalue weighted by Crippen LogP contribution is 2.47. The van der Waals surface area contributed by atoms with Crippen molar-refractivity contribution in [3.63, 3.8) is 0 Å². The lowest BCUT2D eigenvalue weighted by Gasteiger charge is -2.29. The van der Waals surface area contributed by atoms with E-state index in [4.69, 9.17) is 4.74 Å². The summed E-state index contributed by atoms with van der Waals surface area (Å²) in [5.74, 6) is -2.41. The lowest BCUT2D eigenvalue weighted by Crippen LogP contribution is -2.38. The van der Waals surface area contributed by atoms with Gasteiger partial charge in [0.2, 0.25) is 18.1 Å². The van der Waals surface area contributed by atoms with Crippen molar-refractivity contribution in [2.75, 3.05) is 20.2 Å². The number of ether oxygens (including phenoxy) is 1. The van der Waals surface area contributed by atoms with Gasteiger partial charge in [0, 0.05) is 35.7 Å². The molecule has 0 spiro atoms. The molecule has 0 bridgehead atoms. The third kappa shape index (κ3) is 3.26. The Morgan fingerprint density at radius 3 is 2.53 bits per heavy atom. The van der Waals surface area contributed by atoms with Crippen molar-refractivity contribution in [3.05, 3.63) is 51.6 Å². The topological polar surface area (TPSA) is 142 Å². The second-order valence-corrected chi connectivity index (χ2v) is 7.75. The SMILES string of the molecule is COc1cccc2c1C(=O)c1c(O)c3c(c(O)c1C2=O)CC(C(=O)NCCNC=O)CC3. The van der Waals surface area contributed by atoms with Gasteiger partial charge in [0.25, 0.3) is 0 Å². The number of aromatic hydroxyl groups is 2. The maximum Gasteiger partial charge on any atom is 0.223 e. The first-order valence-electron chi connectivity index (χ1n) is 10.2. The van der Waals surface area contributed by atoms with E-state index < -0.39 is 17.5 Å². The highest BCUT2D eigenvalue weighted by atomic mass is 16.5. The Morgan fingerprint density at radius 2 is 1.81 bits per heavy atom. The monoisotopic (exact) mass is 438 g/mol. The first-order chi connectivity index (χ1) is 15.4. The first kappa shape index (κ1) is 21.4. The van der Waals surface area contributed by atoms with Crippen LogP contribution in [-0.4, -0.2) is 54.3 Å². The molecule has 0 aromatic heterocycles. The minimum absolute atomic E-state index is 0.0548. The Bertz CT molecular complexity index is 1160. The molecular formula is C23H22N2O7. The van der Waals surface area contributed by atoms with Gasteiger partial charge in [0.05, 0.1) is 23.8 Å². The summed E-state index contributed by atoms with van der Waals surface area (Å²) in [5.41, 5.74) is 0.330. The van der Waals surface area contributed by atoms with E-state index in [0.29, 0.717) is 24.0 Å². The van der Waals surface area contributed by atoms with Crippen molar-refractivity contribution in [3.8, 4) is 17.2 Å². The van der Waals surface area contributed by atoms with Gasteiger partial charge in [0.15, 0.2) is 5.78 Å². The molecule has 1 unspecified atom stereocenters. The number of nitrogens with one attached hydrogen (secondary N) is 2. The maximum atomic E-state index is 13.2. The molecule has 2 aromatic rings. The summed E-state index contributed by atoms with van der Waals surface area (Å²) >= 11 is 0. The quantitative estimate of drug-likeness (QED) is 0.254. The number of benzene rings is 2. The van der Waals surface area contributed by atoms with Crippen LogP contribution in [0.1, 0.15) is 49.4 Å². The number of amides is 2. The van der Waals surface area contributed by atoms with Gasteiger partial charge in [-0.25, -0.2) is 0 Å². The number of phenols is 2. The van der Waals surface area contributed by atoms with Crippen molar-refractivity contribution in [1.82, 2.24) is 10.6 Å². The zero-order valence-corrected chi connectivity index (χ0v) is 17.4. The molecule has 0 saturated heterocycles. The van der Waals surface area contributed by atoms with Gasteiger partial charge in [0.1, 0.15) is 17.2 Å². The Morgan fingerprint density at radius 1 is 1.09 bits per heavy atom. The van der Waals surface area contributed by atoms with E-state index in [1.54, 1.807) is 12.1 Å². The number of hydrogen-bond donors (Lipinski definition) is 4. The molecule has 32 heavy (non-hydrogen) atoms. The number of ketones is 2. The standard InChI is InChI=1S/C23H22N2O7/c1-32-15-4-2-3-13-16(15)22(30)18-17(20(13)28)21(29)14-9-11(5-6-12(14)19(18)27)23(31)25-8-7-24-10-26/h2-4,10-11,27,29H,5-9H2,1H3,(H,24,26)(H,25,31). The Hall–Kier alpha value is -3.88. The summed E-state index contributed by atoms with van der Waals surface area (Å²) in [4.78, 5) is 49.2. The van der Waals surface area contributed by atoms with Crippen molar-refractivity contribution in [2.24, 2.45) is 5.92 Å². The number of phenolic OH excluding ortho intramolecular Hbond substituents is 2. The summed E-state index contributed by atoms with van der Waals surface area (Å²) in [6.07, 6.45) is 1.31. The molecule has 0 fully saturated rings. The molecule has 2 aliphatic carbocycles. The molecule has 4 rings (SSSR count). The van der Waals surface area contributed by atoms with Crippen LogP contribution in [0.25, 0.3) is 0 Å². The summed E-state index contributed by atoms with van der Waals surface area (Å²) in [5, 5.41) is 27.1. The highest BCUT2D eigenvalue weighted by Gasteiger charge is 2.41. The predicted octanol–water partition coefficient (Wildman–Crippen LogP) is 0.849. The number of carbonyl (C=O) groups is 4. The van der Waals surface area contributed by atoms with Gasteiger partial charge in [-0.15, -0.1) is 0 Å². The van der Waals surface area contributed by atoms with Crippen LogP contribution >= 0.6 is 0 Å². The smallest absolute Gasteiger partial charge is 0.223 e. The fraction of sp³-hybridized carbons (Fsp3) is 0.304. The van der Waals surface area contributed by atoms with Crippen LogP contribution in [0.5, 0.6) is 17.2 Å². The number of fused-ring (bicyclic) bond motifs is 3. The lowest BCUT2D eigenvalue weighted by atomic mass is 9.75. The van der Waals surface area contributed by atoms with Crippen molar-refractivity contribution < 1.29 is 34.1 Å². The van der Waals surface area contributed by atoms with E-state index in [9.17, 15) is 29.4 Å². The van der Waals surface area contributed by atoms with Gasteiger partial charge < -0.3 is 25.6 Å². The van der Waals surface area contributed by atoms with Gasteiger partial charge >= 0.3 is 0 Å². The molecule has 2 aromatic carbocycles. The van der Waals surface area contributed by atoms with E-state index in [2.05, 4.69) is 10.6 Å². The molecule has 4 N–H and O–H groups in total. The van der Waals surface area contributed by atoms with E-state index in [0.717, 1.165) is 0 Å². The average molecular weight is 438 g/mol. The fourth-order valence-corrected chi connectivity index (χ4v) is 4.49. The minimum Gasteiger partial charge on any atom is -0.507 e. The molecule has 9 nitrogen and oxygen atoms in total. The normalized spacial score (nSPS) is 16.5. The summed E-state index contributed by atoms with van der Waals surface area (Å²) in [6.45, 7) is 0.547. The number of rotatable bonds is 6. The lowest BCUT2D eigenvalue weighted by molar-refractivity contribution is -0.125. The molecule has 166 valence electrons. The van der Waals surface area contributed by atoms with Crippen molar-refractivity contribution >= 4 is 23.9 Å². The van der Waals surface area contributed by atoms with Crippen LogP contribution in [0.2, 0.25) is 0 Å². The summed E-state index contributed by atoms with van der Waals surface area (Å²) in [7, 11) is 1.38. The number of hydrogen-bond acceptors (Lipinski definition) is 7. The number of carbonyl (C=O) groups excluding carboxylic acids is 4. The zero-order chi connectivity index (χ0) is 23.0. The summed E-state index contributed by atoms with van der Waals surface area (Å²) < 4.78 is 5.23. The van der Waals surface area contributed by atoms with Crippen molar-refractivity contribution in [2.45, 2.75) is 19.3 Å². The third-order valence-electron chi connectivity index (χ3n) is 6.05. The van der Waals surface area contributed by atoms with Crippen LogP contribution in [0, 0.1) is 5.92 Å². The van der Waals surface area contributed by atoms with Gasteiger partial charge in [-0.2, -0.15) is 0 Å². The molecule has 0 aliphatic heterocycles. The molecule has 2 amide bonds. The fourth-order valence-electron chi connectivity index (χ4n) is 4.49. The van der Waals surface area contributed by atoms with E-state index in [1.807, 2.05) is 0 Å². The molecular weight excluding hydrogens is 416 g/mol. The molecule has 0 radical (unpaired) electrons. The maximum absolute atomic E-state index is 13.2. The van der Waals surface area contributed by atoms with Crippen molar-refractivity contribution in [1.29, 1.82) is 0 Å². The van der Waals surface area contributed by atoms with Crippen LogP contribution in [-0.2, 0) is 22.4 Å². The van der Waals surface area contributed by atoms with Gasteiger partial charge in [-0.1, -0.05) is 12.1 Å². The predicted molar refractivity (Wildman–Crippen MR) is 112 cm³/mol. The molecule has 0 saturated carbocycles. The van der Waals surface area contributed by atoms with E-state index in [-0.39, 0.29) is 71.3 Å². The largest absolute Gasteiger partial charge is 0.507 e. The molecule has 9 heteroatoms. The zero-order valence-electron chi connectivity index (χ0n) is 17.4. The second-order valence-electron chi connectivity index (χ2n) is 7.75. The van der Waals surface area contributed by atoms with Gasteiger partial charge in [-0.05, 0) is 25.3 Å². The highest BCUT2D eigenvalue weighted by molar-refractivity contribution is 6.31. The average Bonchev–Trinajstić information content (AvgIpc) is 2.81. The Kier molecular flexibility index (Phi) is 5.56. The second kappa shape index (κ2) is 8.33. The first-order valence-corrected chi connectivity index (χ1v) is 10.2. The summed E-state index contributed by atoms with van der Waals surface area (Å²) in [6, 6.07) is 4.60. The minimum atomic E-state index is -0.592. The van der Waals surface area contributed by atoms with Crippen LogP contribution in [0.15, 0.2) is 18.2 Å². The number of methoxy groups -OCH3 is 1. The Labute approximate surface area is 183 Å². The Balaban J connectivity index is 1.73.